The fraction of sp³-hybridized carbons (Fsp3) is 0.571. The fourth-order valence-corrected chi connectivity index (χ4v) is 2.24. The molecule has 0 aromatic heterocycles. The molecule has 102 valence electrons. The number of hydrogen-bond donors (Lipinski definition) is 1. The van der Waals surface area contributed by atoms with Crippen molar-refractivity contribution in [3.63, 3.8) is 0 Å². The molecule has 1 rings (SSSR count). The second-order valence-electron chi connectivity index (χ2n) is 3.86. The molecule has 0 atom stereocenters. The van der Waals surface area contributed by atoms with Crippen LogP contribution in [0.3, 0.4) is 0 Å². The Kier molecular flexibility index (Phi) is 8.94. The second kappa shape index (κ2) is 10.4. The van der Waals surface area contributed by atoms with Gasteiger partial charge >= 0.3 is 0 Å². The molecule has 1 aromatic rings. The first-order chi connectivity index (χ1) is 8.86. The van der Waals surface area contributed by atoms with Crippen LogP contribution in [0, 0.1) is 0 Å². The van der Waals surface area contributed by atoms with Gasteiger partial charge in [0.1, 0.15) is 0 Å². The molecule has 0 amide bonds. The summed E-state index contributed by atoms with van der Waals surface area (Å²) in [6, 6.07) is 8.68. The summed E-state index contributed by atoms with van der Waals surface area (Å²) in [6.07, 6.45) is 0. The number of ether oxygens (including phenoxy) is 2. The van der Waals surface area contributed by atoms with Crippen molar-refractivity contribution in [1.82, 2.24) is 5.32 Å². The molecule has 0 bridgehead atoms. The summed E-state index contributed by atoms with van der Waals surface area (Å²) >= 11 is 1.84. The molecule has 0 aliphatic rings. The average Bonchev–Trinajstić information content (AvgIpc) is 2.41. The number of nitrogens with one attached hydrogen (secondary N) is 1. The van der Waals surface area contributed by atoms with Crippen LogP contribution in [-0.2, 0) is 16.0 Å². The molecule has 0 aliphatic carbocycles. The van der Waals surface area contributed by atoms with E-state index in [-0.39, 0.29) is 0 Å². The molecule has 4 heteroatoms. The van der Waals surface area contributed by atoms with Crippen molar-refractivity contribution in [2.24, 2.45) is 0 Å². The summed E-state index contributed by atoms with van der Waals surface area (Å²) in [6.45, 7) is 6.18. The topological polar surface area (TPSA) is 30.5 Å². The Labute approximate surface area is 114 Å². The Bertz CT molecular complexity index is 272. The lowest BCUT2D eigenvalue weighted by Crippen LogP contribution is -2.18. The van der Waals surface area contributed by atoms with E-state index in [0.29, 0.717) is 0 Å². The molecule has 0 saturated heterocycles. The highest BCUT2D eigenvalue weighted by Crippen LogP contribution is 2.18. The molecule has 0 unspecified atom stereocenters. The standard InChI is InChI=1S/C14H23NO2S/c1-3-17-10-11-18-14-6-4-13(5-7-14)12-15-8-9-16-2/h4-7,15H,3,8-12H2,1-2H3. The minimum Gasteiger partial charge on any atom is -0.383 e. The molecule has 3 nitrogen and oxygen atoms in total. The van der Waals surface area contributed by atoms with Gasteiger partial charge < -0.3 is 14.8 Å². The number of benzene rings is 1. The van der Waals surface area contributed by atoms with Gasteiger partial charge in [-0.1, -0.05) is 12.1 Å². The Morgan fingerprint density at radius 2 is 1.94 bits per heavy atom. The third kappa shape index (κ3) is 7.01. The van der Waals surface area contributed by atoms with Crippen LogP contribution in [0.5, 0.6) is 0 Å². The molecule has 18 heavy (non-hydrogen) atoms. The van der Waals surface area contributed by atoms with E-state index in [0.717, 1.165) is 38.7 Å². The van der Waals surface area contributed by atoms with Gasteiger partial charge in [0.15, 0.2) is 0 Å². The summed E-state index contributed by atoms with van der Waals surface area (Å²) < 4.78 is 10.3. The summed E-state index contributed by atoms with van der Waals surface area (Å²) in [5.74, 6) is 1.01. The Morgan fingerprint density at radius 1 is 1.17 bits per heavy atom. The van der Waals surface area contributed by atoms with Gasteiger partial charge in [-0.3, -0.25) is 0 Å². The first-order valence-electron chi connectivity index (χ1n) is 6.36. The van der Waals surface area contributed by atoms with E-state index in [4.69, 9.17) is 9.47 Å². The van der Waals surface area contributed by atoms with Gasteiger partial charge in [-0.2, -0.15) is 0 Å². The molecule has 1 N–H and O–H groups in total. The highest BCUT2D eigenvalue weighted by atomic mass is 32.2. The summed E-state index contributed by atoms with van der Waals surface area (Å²) in [5, 5.41) is 3.33. The number of methoxy groups -OCH3 is 1. The SMILES string of the molecule is CCOCCSc1ccc(CNCCOC)cc1. The normalized spacial score (nSPS) is 10.8. The van der Waals surface area contributed by atoms with E-state index in [1.807, 2.05) is 18.7 Å². The van der Waals surface area contributed by atoms with E-state index in [2.05, 4.69) is 29.6 Å². The molecule has 1 aromatic carbocycles. The minimum atomic E-state index is 0.755. The van der Waals surface area contributed by atoms with Crippen LogP contribution < -0.4 is 5.32 Å². The third-order valence-electron chi connectivity index (χ3n) is 2.44. The van der Waals surface area contributed by atoms with E-state index < -0.39 is 0 Å². The van der Waals surface area contributed by atoms with E-state index in [1.54, 1.807) is 7.11 Å². The lowest BCUT2D eigenvalue weighted by molar-refractivity contribution is 0.164. The van der Waals surface area contributed by atoms with E-state index in [1.165, 1.54) is 10.5 Å². The largest absolute Gasteiger partial charge is 0.383 e. The molecule has 0 heterocycles. The Balaban J connectivity index is 2.20. The van der Waals surface area contributed by atoms with Gasteiger partial charge in [0, 0.05) is 37.5 Å². The molecular formula is C14H23NO2S. The average molecular weight is 269 g/mol. The van der Waals surface area contributed by atoms with Crippen molar-refractivity contribution in [3.05, 3.63) is 29.8 Å². The number of thioether (sulfide) groups is 1. The van der Waals surface area contributed by atoms with Crippen LogP contribution in [-0.4, -0.2) is 39.2 Å². The highest BCUT2D eigenvalue weighted by Gasteiger charge is 1.96. The minimum absolute atomic E-state index is 0.755. The zero-order valence-corrected chi connectivity index (χ0v) is 12.1. The quantitative estimate of drug-likeness (QED) is 0.522. The zero-order chi connectivity index (χ0) is 13.1. The number of hydrogen-bond acceptors (Lipinski definition) is 4. The van der Waals surface area contributed by atoms with Gasteiger partial charge in [0.25, 0.3) is 0 Å². The van der Waals surface area contributed by atoms with Crippen molar-refractivity contribution in [2.45, 2.75) is 18.4 Å². The molecule has 0 fully saturated rings. The second-order valence-corrected chi connectivity index (χ2v) is 5.03. The molecule has 0 radical (unpaired) electrons. The van der Waals surface area contributed by atoms with Crippen LogP contribution in [0.25, 0.3) is 0 Å². The van der Waals surface area contributed by atoms with Gasteiger partial charge in [-0.05, 0) is 24.6 Å². The van der Waals surface area contributed by atoms with Gasteiger partial charge in [0.05, 0.1) is 13.2 Å². The lowest BCUT2D eigenvalue weighted by atomic mass is 10.2. The Hall–Kier alpha value is -0.550. The van der Waals surface area contributed by atoms with Crippen LogP contribution >= 0.6 is 11.8 Å². The molecular weight excluding hydrogens is 246 g/mol. The molecule has 0 saturated carbocycles. The maximum atomic E-state index is 5.31. The fourth-order valence-electron chi connectivity index (χ4n) is 1.47. The summed E-state index contributed by atoms with van der Waals surface area (Å²) in [5.41, 5.74) is 1.31. The van der Waals surface area contributed by atoms with Crippen molar-refractivity contribution in [3.8, 4) is 0 Å². The van der Waals surface area contributed by atoms with Gasteiger partial charge in [0.2, 0.25) is 0 Å². The third-order valence-corrected chi connectivity index (χ3v) is 3.41. The highest BCUT2D eigenvalue weighted by molar-refractivity contribution is 7.99. The van der Waals surface area contributed by atoms with E-state index in [9.17, 15) is 0 Å². The molecule has 0 spiro atoms. The van der Waals surface area contributed by atoms with Crippen molar-refractivity contribution in [2.75, 3.05) is 39.2 Å². The number of rotatable bonds is 10. The predicted molar refractivity (Wildman–Crippen MR) is 77.2 cm³/mol. The zero-order valence-electron chi connectivity index (χ0n) is 11.3. The van der Waals surface area contributed by atoms with Gasteiger partial charge in [-0.25, -0.2) is 0 Å². The Morgan fingerprint density at radius 3 is 2.61 bits per heavy atom. The predicted octanol–water partition coefficient (Wildman–Crippen LogP) is 2.55. The monoisotopic (exact) mass is 269 g/mol. The first kappa shape index (κ1) is 15.5. The van der Waals surface area contributed by atoms with E-state index >= 15 is 0 Å². The maximum absolute atomic E-state index is 5.31. The summed E-state index contributed by atoms with van der Waals surface area (Å²) in [4.78, 5) is 1.30. The van der Waals surface area contributed by atoms with Crippen LogP contribution in [0.2, 0.25) is 0 Å². The maximum Gasteiger partial charge on any atom is 0.0587 e. The van der Waals surface area contributed by atoms with Crippen molar-refractivity contribution in [1.29, 1.82) is 0 Å². The van der Waals surface area contributed by atoms with Gasteiger partial charge in [-0.15, -0.1) is 11.8 Å². The smallest absolute Gasteiger partial charge is 0.0587 e. The van der Waals surface area contributed by atoms with Crippen molar-refractivity contribution >= 4 is 11.8 Å². The van der Waals surface area contributed by atoms with Crippen LogP contribution in [0.15, 0.2) is 29.2 Å². The lowest BCUT2D eigenvalue weighted by Gasteiger charge is -2.06. The first-order valence-corrected chi connectivity index (χ1v) is 7.34. The van der Waals surface area contributed by atoms with Crippen LogP contribution in [0.4, 0.5) is 0 Å². The summed E-state index contributed by atoms with van der Waals surface area (Å²) in [7, 11) is 1.72. The molecule has 0 aliphatic heterocycles. The van der Waals surface area contributed by atoms with Crippen LogP contribution in [0.1, 0.15) is 12.5 Å². The van der Waals surface area contributed by atoms with Crippen molar-refractivity contribution < 1.29 is 9.47 Å².